The van der Waals surface area contributed by atoms with Crippen molar-refractivity contribution < 1.29 is 9.53 Å². The highest BCUT2D eigenvalue weighted by Crippen LogP contribution is 2.44. The van der Waals surface area contributed by atoms with Gasteiger partial charge in [-0.15, -0.1) is 0 Å². The topological polar surface area (TPSA) is 26.3 Å². The van der Waals surface area contributed by atoms with Crippen molar-refractivity contribution in [2.45, 2.75) is 26.4 Å². The van der Waals surface area contributed by atoms with E-state index in [4.69, 9.17) is 4.74 Å². The molecule has 0 fully saturated rings. The second kappa shape index (κ2) is 2.34. The van der Waals surface area contributed by atoms with Crippen molar-refractivity contribution in [1.82, 2.24) is 0 Å². The molecule has 0 saturated heterocycles. The molecule has 0 amide bonds. The number of rotatable bonds is 1. The molecule has 1 aliphatic rings. The molecule has 13 heavy (non-hydrogen) atoms. The van der Waals surface area contributed by atoms with Crippen LogP contribution in [0.3, 0.4) is 0 Å². The molecule has 0 aromatic heterocycles. The van der Waals surface area contributed by atoms with Crippen LogP contribution in [0.15, 0.2) is 18.2 Å². The van der Waals surface area contributed by atoms with Crippen molar-refractivity contribution in [2.75, 3.05) is 0 Å². The average Bonchev–Trinajstić information content (AvgIpc) is 2.02. The standard InChI is InChI=1S/C11H12O2/c1-7-4-5-9-10(6-7)13-11(9,3)8(2)12/h4-6H,1-3H3. The zero-order valence-electron chi connectivity index (χ0n) is 8.05. The Hall–Kier alpha value is -1.31. The van der Waals surface area contributed by atoms with E-state index in [-0.39, 0.29) is 5.78 Å². The Morgan fingerprint density at radius 2 is 2.15 bits per heavy atom. The lowest BCUT2D eigenvalue weighted by Crippen LogP contribution is -2.44. The zero-order valence-corrected chi connectivity index (χ0v) is 8.05. The Morgan fingerprint density at radius 3 is 2.69 bits per heavy atom. The first-order valence-corrected chi connectivity index (χ1v) is 4.35. The highest BCUT2D eigenvalue weighted by molar-refractivity contribution is 5.89. The fourth-order valence-corrected chi connectivity index (χ4v) is 1.60. The molecule has 2 rings (SSSR count). The van der Waals surface area contributed by atoms with Crippen LogP contribution in [0.25, 0.3) is 0 Å². The van der Waals surface area contributed by atoms with E-state index in [1.54, 1.807) is 6.92 Å². The van der Waals surface area contributed by atoms with Gasteiger partial charge < -0.3 is 4.74 Å². The molecule has 1 unspecified atom stereocenters. The first-order valence-electron chi connectivity index (χ1n) is 4.35. The molecular weight excluding hydrogens is 164 g/mol. The van der Waals surface area contributed by atoms with Gasteiger partial charge in [-0.1, -0.05) is 12.1 Å². The summed E-state index contributed by atoms with van der Waals surface area (Å²) >= 11 is 0. The van der Waals surface area contributed by atoms with Crippen LogP contribution in [0.4, 0.5) is 0 Å². The summed E-state index contributed by atoms with van der Waals surface area (Å²) in [6, 6.07) is 5.93. The van der Waals surface area contributed by atoms with E-state index in [0.29, 0.717) is 0 Å². The van der Waals surface area contributed by atoms with E-state index in [0.717, 1.165) is 16.9 Å². The number of benzene rings is 1. The van der Waals surface area contributed by atoms with Crippen molar-refractivity contribution in [3.05, 3.63) is 29.3 Å². The summed E-state index contributed by atoms with van der Waals surface area (Å²) in [5, 5.41) is 0. The zero-order chi connectivity index (χ0) is 9.64. The predicted octanol–water partition coefficient (Wildman–Crippen LogP) is 2.19. The maximum absolute atomic E-state index is 11.3. The first-order chi connectivity index (χ1) is 6.04. The third-order valence-corrected chi connectivity index (χ3v) is 2.64. The van der Waals surface area contributed by atoms with E-state index in [1.165, 1.54) is 0 Å². The second-order valence-corrected chi connectivity index (χ2v) is 3.69. The molecule has 1 aromatic rings. The van der Waals surface area contributed by atoms with Gasteiger partial charge in [0.1, 0.15) is 5.75 Å². The smallest absolute Gasteiger partial charge is 0.192 e. The molecular formula is C11H12O2. The lowest BCUT2D eigenvalue weighted by molar-refractivity contribution is -0.135. The van der Waals surface area contributed by atoms with Gasteiger partial charge in [0.05, 0.1) is 0 Å². The van der Waals surface area contributed by atoms with Gasteiger partial charge in [-0.25, -0.2) is 0 Å². The maximum atomic E-state index is 11.3. The number of aryl methyl sites for hydroxylation is 1. The molecule has 0 radical (unpaired) electrons. The number of hydrogen-bond donors (Lipinski definition) is 0. The molecule has 68 valence electrons. The summed E-state index contributed by atoms with van der Waals surface area (Å²) in [6.07, 6.45) is 0. The second-order valence-electron chi connectivity index (χ2n) is 3.69. The van der Waals surface area contributed by atoms with E-state index in [2.05, 4.69) is 0 Å². The van der Waals surface area contributed by atoms with Crippen molar-refractivity contribution in [1.29, 1.82) is 0 Å². The lowest BCUT2D eigenvalue weighted by Gasteiger charge is -2.39. The SMILES string of the molecule is CC(=O)C1(C)Oc2cc(C)ccc21. The number of ketones is 1. The number of fused-ring (bicyclic) bond motifs is 1. The molecule has 2 nitrogen and oxygen atoms in total. The number of carbonyl (C=O) groups excluding carboxylic acids is 1. The normalized spacial score (nSPS) is 24.2. The van der Waals surface area contributed by atoms with E-state index in [1.807, 2.05) is 32.0 Å². The van der Waals surface area contributed by atoms with Crippen LogP contribution >= 0.6 is 0 Å². The molecule has 0 saturated carbocycles. The molecule has 1 heterocycles. The quantitative estimate of drug-likeness (QED) is 0.655. The van der Waals surface area contributed by atoms with Crippen LogP contribution in [-0.2, 0) is 10.4 Å². The number of hydrogen-bond acceptors (Lipinski definition) is 2. The van der Waals surface area contributed by atoms with Crippen molar-refractivity contribution >= 4 is 5.78 Å². The fourth-order valence-electron chi connectivity index (χ4n) is 1.60. The van der Waals surface area contributed by atoms with E-state index < -0.39 is 5.60 Å². The van der Waals surface area contributed by atoms with Crippen molar-refractivity contribution in [3.63, 3.8) is 0 Å². The number of ether oxygens (including phenoxy) is 1. The summed E-state index contributed by atoms with van der Waals surface area (Å²) in [6.45, 7) is 5.38. The maximum Gasteiger partial charge on any atom is 0.192 e. The van der Waals surface area contributed by atoms with Gasteiger partial charge in [-0.3, -0.25) is 4.79 Å². The first kappa shape index (κ1) is 8.30. The van der Waals surface area contributed by atoms with Crippen LogP contribution < -0.4 is 4.74 Å². The Balaban J connectivity index is 2.47. The van der Waals surface area contributed by atoms with Crippen LogP contribution in [-0.4, -0.2) is 5.78 Å². The van der Waals surface area contributed by atoms with Crippen LogP contribution in [0, 0.1) is 6.92 Å². The molecule has 1 aliphatic heterocycles. The molecule has 1 aromatic carbocycles. The Labute approximate surface area is 77.5 Å². The largest absolute Gasteiger partial charge is 0.474 e. The minimum atomic E-state index is -0.691. The minimum absolute atomic E-state index is 0.0591. The van der Waals surface area contributed by atoms with Crippen molar-refractivity contribution in [2.24, 2.45) is 0 Å². The summed E-state index contributed by atoms with van der Waals surface area (Å²) in [7, 11) is 0. The van der Waals surface area contributed by atoms with Crippen molar-refractivity contribution in [3.8, 4) is 5.75 Å². The molecule has 0 bridgehead atoms. The average molecular weight is 176 g/mol. The lowest BCUT2D eigenvalue weighted by atomic mass is 9.85. The number of carbonyl (C=O) groups is 1. The molecule has 0 aliphatic carbocycles. The fraction of sp³-hybridized carbons (Fsp3) is 0.364. The van der Waals surface area contributed by atoms with Crippen LogP contribution in [0.5, 0.6) is 5.75 Å². The Bertz CT molecular complexity index is 382. The predicted molar refractivity (Wildman–Crippen MR) is 49.8 cm³/mol. The third-order valence-electron chi connectivity index (χ3n) is 2.64. The van der Waals surface area contributed by atoms with Gasteiger partial charge in [0.25, 0.3) is 0 Å². The minimum Gasteiger partial charge on any atom is -0.474 e. The van der Waals surface area contributed by atoms with Gasteiger partial charge in [0.2, 0.25) is 0 Å². The van der Waals surface area contributed by atoms with Gasteiger partial charge in [0, 0.05) is 5.56 Å². The molecule has 2 heteroatoms. The number of Topliss-reactive ketones (excluding diaryl/α,β-unsaturated/α-hetero) is 1. The third kappa shape index (κ3) is 0.981. The monoisotopic (exact) mass is 176 g/mol. The summed E-state index contributed by atoms with van der Waals surface area (Å²) in [5.41, 5.74) is 1.47. The van der Waals surface area contributed by atoms with Gasteiger partial charge in [-0.2, -0.15) is 0 Å². The van der Waals surface area contributed by atoms with E-state index in [9.17, 15) is 4.79 Å². The van der Waals surface area contributed by atoms with Gasteiger partial charge >= 0.3 is 0 Å². The Kier molecular flexibility index (Phi) is 1.50. The van der Waals surface area contributed by atoms with Gasteiger partial charge in [-0.05, 0) is 32.4 Å². The van der Waals surface area contributed by atoms with Crippen LogP contribution in [0.2, 0.25) is 0 Å². The van der Waals surface area contributed by atoms with E-state index >= 15 is 0 Å². The summed E-state index contributed by atoms with van der Waals surface area (Å²) in [5.74, 6) is 0.904. The highest BCUT2D eigenvalue weighted by atomic mass is 16.5. The molecule has 0 N–H and O–H groups in total. The Morgan fingerprint density at radius 1 is 1.46 bits per heavy atom. The highest BCUT2D eigenvalue weighted by Gasteiger charge is 2.45. The summed E-state index contributed by atoms with van der Waals surface area (Å²) in [4.78, 5) is 11.3. The van der Waals surface area contributed by atoms with Gasteiger partial charge in [0.15, 0.2) is 11.4 Å². The summed E-state index contributed by atoms with van der Waals surface area (Å²) < 4.78 is 5.46. The molecule has 0 spiro atoms. The van der Waals surface area contributed by atoms with Crippen LogP contribution in [0.1, 0.15) is 25.0 Å². The molecule has 1 atom stereocenters.